The first-order valence-electron chi connectivity index (χ1n) is 13.6. The van der Waals surface area contributed by atoms with Crippen LogP contribution in [0.1, 0.15) is 48.9 Å². The second kappa shape index (κ2) is 15.0. The summed E-state index contributed by atoms with van der Waals surface area (Å²) in [5.41, 5.74) is 6.42. The van der Waals surface area contributed by atoms with Crippen molar-refractivity contribution in [3.63, 3.8) is 0 Å². The molecule has 3 aromatic carbocycles. The Morgan fingerprint density at radius 1 is 1.00 bits per heavy atom. The predicted molar refractivity (Wildman–Crippen MR) is 157 cm³/mol. The number of rotatable bonds is 16. The molecule has 2 N–H and O–H groups in total. The molecular formula is C31H39FNO6P. The van der Waals surface area contributed by atoms with Crippen molar-refractivity contribution in [2.24, 2.45) is 0 Å². The van der Waals surface area contributed by atoms with Gasteiger partial charge in [0, 0.05) is 18.7 Å². The highest BCUT2D eigenvalue weighted by molar-refractivity contribution is 7.53. The molecule has 0 atom stereocenters. The number of nitrogens with one attached hydrogen (secondary N) is 1. The molecule has 0 aliphatic rings. The van der Waals surface area contributed by atoms with Crippen LogP contribution in [0.3, 0.4) is 0 Å². The maximum absolute atomic E-state index is 14.4. The third-order valence-corrected chi connectivity index (χ3v) is 8.54. The van der Waals surface area contributed by atoms with E-state index in [-0.39, 0.29) is 12.8 Å². The highest BCUT2D eigenvalue weighted by Gasteiger charge is 2.22. The van der Waals surface area contributed by atoms with E-state index in [0.29, 0.717) is 50.2 Å². The van der Waals surface area contributed by atoms with Crippen LogP contribution in [0.2, 0.25) is 0 Å². The molecule has 3 rings (SSSR count). The summed E-state index contributed by atoms with van der Waals surface area (Å²) in [6.07, 6.45) is 0.929. The molecule has 216 valence electrons. The quantitative estimate of drug-likeness (QED) is 0.134. The van der Waals surface area contributed by atoms with E-state index >= 15 is 0 Å². The van der Waals surface area contributed by atoms with Gasteiger partial charge in [-0.2, -0.15) is 0 Å². The van der Waals surface area contributed by atoms with Crippen molar-refractivity contribution in [3.05, 3.63) is 82.7 Å². The van der Waals surface area contributed by atoms with Gasteiger partial charge in [-0.05, 0) is 104 Å². The molecule has 0 saturated heterocycles. The van der Waals surface area contributed by atoms with Crippen molar-refractivity contribution in [3.8, 4) is 16.9 Å². The van der Waals surface area contributed by atoms with E-state index < -0.39 is 19.4 Å². The number of halogens is 1. The molecule has 0 heterocycles. The highest BCUT2D eigenvalue weighted by atomic mass is 31.2. The smallest absolute Gasteiger partial charge is 0.330 e. The largest absolute Gasteiger partial charge is 0.494 e. The number of carboxylic acids is 1. The summed E-state index contributed by atoms with van der Waals surface area (Å²) < 4.78 is 43.7. The van der Waals surface area contributed by atoms with Crippen LogP contribution in [0.15, 0.2) is 54.6 Å². The van der Waals surface area contributed by atoms with Gasteiger partial charge in [0.2, 0.25) is 0 Å². The monoisotopic (exact) mass is 571 g/mol. The zero-order chi connectivity index (χ0) is 29.1. The van der Waals surface area contributed by atoms with E-state index in [1.54, 1.807) is 26.0 Å². The number of hydrogen-bond donors (Lipinski definition) is 2. The number of ether oxygens (including phenoxy) is 1. The average Bonchev–Trinajstić information content (AvgIpc) is 2.89. The van der Waals surface area contributed by atoms with Crippen LogP contribution < -0.4 is 10.1 Å². The van der Waals surface area contributed by atoms with Crippen molar-refractivity contribution in [2.45, 2.75) is 53.5 Å². The molecule has 0 saturated carbocycles. The molecule has 0 aliphatic heterocycles. The summed E-state index contributed by atoms with van der Waals surface area (Å²) >= 11 is 0. The third kappa shape index (κ3) is 9.19. The summed E-state index contributed by atoms with van der Waals surface area (Å²) in [4.78, 5) is 10.8. The molecule has 40 heavy (non-hydrogen) atoms. The van der Waals surface area contributed by atoms with Crippen LogP contribution in [0.5, 0.6) is 5.75 Å². The van der Waals surface area contributed by atoms with Gasteiger partial charge in [0.05, 0.1) is 26.0 Å². The van der Waals surface area contributed by atoms with Gasteiger partial charge in [-0.15, -0.1) is 0 Å². The van der Waals surface area contributed by atoms with E-state index in [2.05, 4.69) is 17.4 Å². The molecule has 0 radical (unpaired) electrons. The number of aryl methyl sites for hydroxylation is 3. The fourth-order valence-electron chi connectivity index (χ4n) is 4.61. The van der Waals surface area contributed by atoms with Gasteiger partial charge in [0.15, 0.2) is 0 Å². The average molecular weight is 572 g/mol. The minimum atomic E-state index is -3.07. The van der Waals surface area contributed by atoms with Crippen LogP contribution in [-0.2, 0) is 31.4 Å². The normalized spacial score (nSPS) is 11.4. The molecule has 0 bridgehead atoms. The number of anilines is 1. The van der Waals surface area contributed by atoms with Gasteiger partial charge in [0.25, 0.3) is 0 Å². The number of carbonyl (C=O) groups is 1. The predicted octanol–water partition coefficient (Wildman–Crippen LogP) is 7.77. The standard InChI is InChI=1S/C31H39FNO6P/c1-5-38-40(36,39-6-2)16-8-15-37-28-17-22(3)31(23(4)18-28)26-10-7-9-24(19-26)21-33-27-13-11-25(29(32)20-27)12-14-30(34)35/h7,9-11,13,17-20,33H,5-6,8,12,14-16,21H2,1-4H3,(H,34,35). The number of aliphatic carboxylic acids is 1. The zero-order valence-corrected chi connectivity index (χ0v) is 24.6. The van der Waals surface area contributed by atoms with Gasteiger partial charge in [-0.3, -0.25) is 9.36 Å². The van der Waals surface area contributed by atoms with E-state index in [1.807, 2.05) is 38.1 Å². The lowest BCUT2D eigenvalue weighted by Crippen LogP contribution is -2.05. The van der Waals surface area contributed by atoms with Crippen molar-refractivity contribution in [1.82, 2.24) is 0 Å². The highest BCUT2D eigenvalue weighted by Crippen LogP contribution is 2.48. The Morgan fingerprint density at radius 3 is 2.33 bits per heavy atom. The van der Waals surface area contributed by atoms with Crippen molar-refractivity contribution in [1.29, 1.82) is 0 Å². The van der Waals surface area contributed by atoms with Gasteiger partial charge in [-0.1, -0.05) is 24.3 Å². The van der Waals surface area contributed by atoms with Gasteiger partial charge >= 0.3 is 13.6 Å². The van der Waals surface area contributed by atoms with E-state index in [1.165, 1.54) is 6.07 Å². The summed E-state index contributed by atoms with van der Waals surface area (Å²) in [5.74, 6) is -0.600. The molecule has 0 unspecified atom stereocenters. The Morgan fingerprint density at radius 2 is 1.70 bits per heavy atom. The van der Waals surface area contributed by atoms with E-state index in [9.17, 15) is 13.8 Å². The first-order valence-corrected chi connectivity index (χ1v) is 15.3. The second-order valence-electron chi connectivity index (χ2n) is 9.56. The Kier molecular flexibility index (Phi) is 11.7. The summed E-state index contributed by atoms with van der Waals surface area (Å²) in [7, 11) is -3.07. The van der Waals surface area contributed by atoms with Crippen molar-refractivity contribution < 1.29 is 32.6 Å². The van der Waals surface area contributed by atoms with Crippen LogP contribution in [0.25, 0.3) is 11.1 Å². The Bertz CT molecular complexity index is 1310. The lowest BCUT2D eigenvalue weighted by atomic mass is 9.94. The molecule has 0 aliphatic carbocycles. The van der Waals surface area contributed by atoms with Gasteiger partial charge in [0.1, 0.15) is 11.6 Å². The Labute approximate surface area is 236 Å². The number of hydrogen-bond acceptors (Lipinski definition) is 6. The van der Waals surface area contributed by atoms with Crippen molar-refractivity contribution in [2.75, 3.05) is 31.3 Å². The molecule has 3 aromatic rings. The Balaban J connectivity index is 1.62. The molecule has 7 nitrogen and oxygen atoms in total. The summed E-state index contributed by atoms with van der Waals surface area (Å²) in [6.45, 7) is 9.30. The van der Waals surface area contributed by atoms with E-state index in [4.69, 9.17) is 18.9 Å². The van der Waals surface area contributed by atoms with Gasteiger partial charge < -0.3 is 24.2 Å². The molecule has 9 heteroatoms. The molecule has 0 amide bonds. The van der Waals surface area contributed by atoms with Gasteiger partial charge in [-0.25, -0.2) is 4.39 Å². The molecule has 0 fully saturated rings. The minimum absolute atomic E-state index is 0.103. The summed E-state index contributed by atoms with van der Waals surface area (Å²) in [5, 5.41) is 12.1. The fourth-order valence-corrected chi connectivity index (χ4v) is 6.25. The van der Waals surface area contributed by atoms with Crippen LogP contribution in [-0.4, -0.2) is 37.1 Å². The van der Waals surface area contributed by atoms with Crippen molar-refractivity contribution >= 4 is 19.3 Å². The van der Waals surface area contributed by atoms with Crippen LogP contribution >= 0.6 is 7.60 Å². The Hall–Kier alpha value is -3.19. The molecule has 0 aromatic heterocycles. The first-order chi connectivity index (χ1) is 19.1. The van der Waals surface area contributed by atoms with Crippen LogP contribution in [0.4, 0.5) is 10.1 Å². The SMILES string of the molecule is CCOP(=O)(CCCOc1cc(C)c(-c2cccc(CNc3ccc(CCC(=O)O)c(F)c3)c2)c(C)c1)OCC. The lowest BCUT2D eigenvalue weighted by Gasteiger charge is -2.17. The lowest BCUT2D eigenvalue weighted by molar-refractivity contribution is -0.136. The minimum Gasteiger partial charge on any atom is -0.494 e. The molecular weight excluding hydrogens is 532 g/mol. The molecule has 0 spiro atoms. The maximum atomic E-state index is 14.4. The fraction of sp³-hybridized carbons (Fsp3) is 0.387. The first kappa shape index (κ1) is 31.3. The topological polar surface area (TPSA) is 94.1 Å². The number of carboxylic acid groups (broad SMARTS) is 1. The maximum Gasteiger partial charge on any atom is 0.330 e. The zero-order valence-electron chi connectivity index (χ0n) is 23.7. The number of benzene rings is 3. The third-order valence-electron chi connectivity index (χ3n) is 6.38. The second-order valence-corrected chi connectivity index (χ2v) is 11.7. The summed E-state index contributed by atoms with van der Waals surface area (Å²) in [6, 6.07) is 17.0. The van der Waals surface area contributed by atoms with Crippen LogP contribution in [0, 0.1) is 19.7 Å². The van der Waals surface area contributed by atoms with E-state index in [0.717, 1.165) is 33.6 Å².